The molecule has 1 aliphatic carbocycles. The Morgan fingerprint density at radius 2 is 2.00 bits per heavy atom. The molecule has 0 spiro atoms. The molecule has 0 unspecified atom stereocenters. The minimum absolute atomic E-state index is 0.0211. The van der Waals surface area contributed by atoms with Gasteiger partial charge >= 0.3 is 0 Å². The topological polar surface area (TPSA) is 50.2 Å². The molecule has 27 heavy (non-hydrogen) atoms. The number of hydrogen-bond acceptors (Lipinski definition) is 3. The van der Waals surface area contributed by atoms with Gasteiger partial charge in [0.2, 0.25) is 0 Å². The second-order valence-corrected chi connectivity index (χ2v) is 7.20. The third kappa shape index (κ3) is 3.68. The molecule has 4 rings (SSSR count). The third-order valence-corrected chi connectivity index (χ3v) is 5.48. The fourth-order valence-corrected chi connectivity index (χ4v) is 3.69. The molecule has 0 saturated heterocycles. The normalized spacial score (nSPS) is 15.6. The van der Waals surface area contributed by atoms with Crippen LogP contribution in [0.15, 0.2) is 48.3 Å². The van der Waals surface area contributed by atoms with Crippen molar-refractivity contribution >= 4 is 5.91 Å². The van der Waals surface area contributed by atoms with E-state index >= 15 is 0 Å². The second kappa shape index (κ2) is 7.43. The predicted molar refractivity (Wildman–Crippen MR) is 106 cm³/mol. The first kappa shape index (κ1) is 17.6. The average molecular weight is 362 g/mol. The monoisotopic (exact) mass is 362 g/mol. The molecule has 5 heteroatoms. The number of benzene rings is 1. The van der Waals surface area contributed by atoms with Crippen molar-refractivity contribution in [2.45, 2.75) is 39.8 Å². The summed E-state index contributed by atoms with van der Waals surface area (Å²) in [5.41, 5.74) is 6.76. The zero-order valence-corrected chi connectivity index (χ0v) is 16.0. The summed E-state index contributed by atoms with van der Waals surface area (Å²) in [4.78, 5) is 15.1. The Morgan fingerprint density at radius 3 is 2.67 bits per heavy atom. The van der Waals surface area contributed by atoms with Gasteiger partial charge in [-0.2, -0.15) is 5.10 Å². The Hall–Kier alpha value is -2.82. The molecule has 1 aliphatic heterocycles. The summed E-state index contributed by atoms with van der Waals surface area (Å²) in [5, 5.41) is 7.47. The van der Waals surface area contributed by atoms with E-state index in [1.165, 1.54) is 16.8 Å². The Kier molecular flexibility index (Phi) is 4.84. The Labute approximate surface area is 160 Å². The Balaban J connectivity index is 1.41. The number of carbonyl (C=O) groups is 1. The average Bonchev–Trinajstić information content (AvgIpc) is 2.87. The van der Waals surface area contributed by atoms with Gasteiger partial charge in [-0.1, -0.05) is 12.1 Å². The standard InChI is InChI=1S/C22H26N4O/c1-3-26-15-20(16(2)24-26)14-23-22(27)19-8-7-17-9-11-25(21-5-4-6-21)12-10-18(17)13-19/h4-8,13,15H,3,9-12,14H2,1-2H3,(H,23,27). The van der Waals surface area contributed by atoms with Crippen LogP contribution in [0.3, 0.4) is 0 Å². The van der Waals surface area contributed by atoms with Gasteiger partial charge in [0.25, 0.3) is 5.91 Å². The molecule has 2 aliphatic rings. The van der Waals surface area contributed by atoms with Crippen LogP contribution in [0.2, 0.25) is 0 Å². The summed E-state index contributed by atoms with van der Waals surface area (Å²) in [6.45, 7) is 7.43. The third-order valence-electron chi connectivity index (χ3n) is 5.48. The maximum Gasteiger partial charge on any atom is 0.251 e. The molecule has 1 aromatic heterocycles. The Morgan fingerprint density at radius 1 is 1.22 bits per heavy atom. The highest BCUT2D eigenvalue weighted by Crippen LogP contribution is 2.22. The van der Waals surface area contributed by atoms with Crippen LogP contribution in [0.5, 0.6) is 0 Å². The highest BCUT2D eigenvalue weighted by molar-refractivity contribution is 5.94. The minimum atomic E-state index is -0.0211. The van der Waals surface area contributed by atoms with Crippen LogP contribution in [0.1, 0.15) is 39.7 Å². The van der Waals surface area contributed by atoms with Crippen LogP contribution in [0.25, 0.3) is 0 Å². The Bertz CT molecular complexity index is 922. The van der Waals surface area contributed by atoms with Gasteiger partial charge in [0, 0.05) is 49.2 Å². The van der Waals surface area contributed by atoms with Crippen molar-refractivity contribution in [3.05, 3.63) is 76.3 Å². The number of allylic oxidation sites excluding steroid dienone is 3. The lowest BCUT2D eigenvalue weighted by atomic mass is 10.00. The number of fused-ring (bicyclic) bond motifs is 1. The predicted octanol–water partition coefficient (Wildman–Crippen LogP) is 3.00. The van der Waals surface area contributed by atoms with Gasteiger partial charge in [0.1, 0.15) is 0 Å². The van der Waals surface area contributed by atoms with E-state index in [1.807, 2.05) is 23.9 Å². The molecule has 1 aromatic carbocycles. The number of amides is 1. The highest BCUT2D eigenvalue weighted by Gasteiger charge is 2.18. The van der Waals surface area contributed by atoms with E-state index in [-0.39, 0.29) is 5.91 Å². The lowest BCUT2D eigenvalue weighted by molar-refractivity contribution is 0.0950. The van der Waals surface area contributed by atoms with Crippen LogP contribution in [0, 0.1) is 6.92 Å². The van der Waals surface area contributed by atoms with Crippen molar-refractivity contribution < 1.29 is 4.79 Å². The molecule has 0 saturated carbocycles. The number of rotatable bonds is 5. The summed E-state index contributed by atoms with van der Waals surface area (Å²) in [6, 6.07) is 6.15. The lowest BCUT2D eigenvalue weighted by Crippen LogP contribution is -2.26. The first-order chi connectivity index (χ1) is 13.1. The van der Waals surface area contributed by atoms with Crippen molar-refractivity contribution in [2.24, 2.45) is 0 Å². The summed E-state index contributed by atoms with van der Waals surface area (Å²) < 4.78 is 1.90. The van der Waals surface area contributed by atoms with Gasteiger partial charge in [-0.3, -0.25) is 9.48 Å². The summed E-state index contributed by atoms with van der Waals surface area (Å²) in [6.07, 6.45) is 10.4. The SMILES string of the molecule is CCn1cc(CNC(=O)c2ccc3c(c2)CCN(C2=CC=C2)CC3)c(C)n1. The molecule has 0 fully saturated rings. The maximum atomic E-state index is 12.6. The van der Waals surface area contributed by atoms with Gasteiger partial charge in [0.15, 0.2) is 0 Å². The van der Waals surface area contributed by atoms with Crippen molar-refractivity contribution in [2.75, 3.05) is 13.1 Å². The number of nitrogens with one attached hydrogen (secondary N) is 1. The molecule has 1 amide bonds. The maximum absolute atomic E-state index is 12.6. The van der Waals surface area contributed by atoms with Gasteiger partial charge in [-0.05, 0) is 62.1 Å². The number of hydrogen-bond donors (Lipinski definition) is 1. The van der Waals surface area contributed by atoms with E-state index in [0.29, 0.717) is 6.54 Å². The largest absolute Gasteiger partial charge is 0.371 e. The van der Waals surface area contributed by atoms with Gasteiger partial charge in [-0.15, -0.1) is 0 Å². The van der Waals surface area contributed by atoms with Crippen molar-refractivity contribution in [3.8, 4) is 0 Å². The molecular weight excluding hydrogens is 336 g/mol. The lowest BCUT2D eigenvalue weighted by Gasteiger charge is -2.26. The van der Waals surface area contributed by atoms with Crippen molar-refractivity contribution in [3.63, 3.8) is 0 Å². The van der Waals surface area contributed by atoms with E-state index in [4.69, 9.17) is 0 Å². The fourth-order valence-electron chi connectivity index (χ4n) is 3.69. The molecule has 2 aromatic rings. The molecular formula is C22H26N4O. The first-order valence-electron chi connectivity index (χ1n) is 9.70. The fraction of sp³-hybridized carbons (Fsp3) is 0.364. The second-order valence-electron chi connectivity index (χ2n) is 7.20. The van der Waals surface area contributed by atoms with Crippen LogP contribution in [-0.4, -0.2) is 33.7 Å². The zero-order chi connectivity index (χ0) is 18.8. The summed E-state index contributed by atoms with van der Waals surface area (Å²) in [5.74, 6) is -0.0211. The van der Waals surface area contributed by atoms with E-state index in [9.17, 15) is 4.79 Å². The smallest absolute Gasteiger partial charge is 0.251 e. The van der Waals surface area contributed by atoms with Crippen LogP contribution in [-0.2, 0) is 25.9 Å². The molecule has 2 heterocycles. The quantitative estimate of drug-likeness (QED) is 0.890. The molecule has 5 nitrogen and oxygen atoms in total. The van der Waals surface area contributed by atoms with Crippen LogP contribution < -0.4 is 5.32 Å². The summed E-state index contributed by atoms with van der Waals surface area (Å²) in [7, 11) is 0. The van der Waals surface area contributed by atoms with E-state index in [0.717, 1.165) is 49.3 Å². The molecule has 0 bridgehead atoms. The molecule has 0 radical (unpaired) electrons. The van der Waals surface area contributed by atoms with E-state index in [2.05, 4.69) is 52.6 Å². The van der Waals surface area contributed by atoms with Crippen molar-refractivity contribution in [1.82, 2.24) is 20.0 Å². The minimum Gasteiger partial charge on any atom is -0.371 e. The number of carbonyl (C=O) groups excluding carboxylic acids is 1. The molecule has 140 valence electrons. The number of aryl methyl sites for hydroxylation is 2. The number of aromatic nitrogens is 2. The van der Waals surface area contributed by atoms with E-state index < -0.39 is 0 Å². The zero-order valence-electron chi connectivity index (χ0n) is 16.0. The van der Waals surface area contributed by atoms with Crippen LogP contribution >= 0.6 is 0 Å². The molecule has 0 atom stereocenters. The van der Waals surface area contributed by atoms with Crippen LogP contribution in [0.4, 0.5) is 0 Å². The van der Waals surface area contributed by atoms with Gasteiger partial charge in [-0.25, -0.2) is 0 Å². The van der Waals surface area contributed by atoms with Gasteiger partial charge < -0.3 is 10.2 Å². The first-order valence-corrected chi connectivity index (χ1v) is 9.70. The van der Waals surface area contributed by atoms with E-state index in [1.54, 1.807) is 0 Å². The number of nitrogens with zero attached hydrogens (tertiary/aromatic N) is 3. The summed E-state index contributed by atoms with van der Waals surface area (Å²) >= 11 is 0. The molecule has 1 N–H and O–H groups in total. The highest BCUT2D eigenvalue weighted by atomic mass is 16.1. The van der Waals surface area contributed by atoms with Crippen molar-refractivity contribution in [1.29, 1.82) is 0 Å². The van der Waals surface area contributed by atoms with Gasteiger partial charge in [0.05, 0.1) is 5.69 Å².